The van der Waals surface area contributed by atoms with Crippen LogP contribution in [0.5, 0.6) is 0 Å². The molecule has 6 nitrogen and oxygen atoms in total. The summed E-state index contributed by atoms with van der Waals surface area (Å²) in [4.78, 5) is 14.8. The summed E-state index contributed by atoms with van der Waals surface area (Å²) in [5.74, 6) is -0.0742. The zero-order chi connectivity index (χ0) is 25.1. The molecule has 0 spiro atoms. The SMILES string of the molecule is C=C/C=C(\C=C)C(C)NC(=O)Nc1ccc(S(=O)(=O)Cc2ccc3c(c2)CN(C)C3(C)C)cc1.[HH].[HH]. The molecule has 0 aliphatic carbocycles. The maximum atomic E-state index is 13.0. The van der Waals surface area contributed by atoms with Crippen molar-refractivity contribution in [3.05, 3.63) is 96.1 Å². The van der Waals surface area contributed by atoms with Gasteiger partial charge in [0.1, 0.15) is 0 Å². The summed E-state index contributed by atoms with van der Waals surface area (Å²) in [6, 6.07) is 11.5. The van der Waals surface area contributed by atoms with Crippen molar-refractivity contribution in [3.63, 3.8) is 0 Å². The Kier molecular flexibility index (Phi) is 7.48. The van der Waals surface area contributed by atoms with Crippen LogP contribution in [-0.2, 0) is 27.7 Å². The normalized spacial score (nSPS) is 16.4. The van der Waals surface area contributed by atoms with Gasteiger partial charge in [0.25, 0.3) is 0 Å². The first-order valence-electron chi connectivity index (χ1n) is 11.2. The molecule has 3 rings (SSSR count). The van der Waals surface area contributed by atoms with Gasteiger partial charge in [0.15, 0.2) is 9.84 Å². The second kappa shape index (κ2) is 9.99. The first kappa shape index (κ1) is 25.5. The minimum absolute atomic E-state index is 0. The maximum Gasteiger partial charge on any atom is 0.319 e. The molecule has 0 saturated carbocycles. The molecular weight excluding hydrogens is 446 g/mol. The maximum absolute atomic E-state index is 13.0. The minimum Gasteiger partial charge on any atom is -0.331 e. The van der Waals surface area contributed by atoms with E-state index in [4.69, 9.17) is 0 Å². The number of rotatable bonds is 8. The van der Waals surface area contributed by atoms with E-state index in [2.05, 4.69) is 49.6 Å². The predicted octanol–water partition coefficient (Wildman–Crippen LogP) is 5.64. The number of fused-ring (bicyclic) bond motifs is 1. The zero-order valence-corrected chi connectivity index (χ0v) is 21.1. The second-order valence-electron chi connectivity index (χ2n) is 9.12. The van der Waals surface area contributed by atoms with Gasteiger partial charge in [-0.3, -0.25) is 4.90 Å². The van der Waals surface area contributed by atoms with Crippen molar-refractivity contribution in [2.24, 2.45) is 0 Å². The molecule has 0 bridgehead atoms. The van der Waals surface area contributed by atoms with Gasteiger partial charge in [0.05, 0.1) is 16.7 Å². The van der Waals surface area contributed by atoms with Crippen LogP contribution in [0.1, 0.15) is 40.3 Å². The Morgan fingerprint density at radius 2 is 1.88 bits per heavy atom. The third kappa shape index (κ3) is 5.48. The van der Waals surface area contributed by atoms with Crippen LogP contribution >= 0.6 is 0 Å². The third-order valence-electron chi connectivity index (χ3n) is 6.41. The lowest BCUT2D eigenvalue weighted by atomic mass is 9.93. The van der Waals surface area contributed by atoms with Gasteiger partial charge in [-0.2, -0.15) is 0 Å². The molecule has 2 aromatic carbocycles. The van der Waals surface area contributed by atoms with Gasteiger partial charge in [0.2, 0.25) is 0 Å². The van der Waals surface area contributed by atoms with E-state index in [1.807, 2.05) is 25.1 Å². The number of nitrogens with one attached hydrogen (secondary N) is 2. The minimum atomic E-state index is -3.53. The molecule has 0 radical (unpaired) electrons. The van der Waals surface area contributed by atoms with Crippen LogP contribution in [0.2, 0.25) is 0 Å². The number of carbonyl (C=O) groups excluding carboxylic acids is 1. The zero-order valence-electron chi connectivity index (χ0n) is 20.3. The quantitative estimate of drug-likeness (QED) is 0.476. The van der Waals surface area contributed by atoms with E-state index >= 15 is 0 Å². The molecule has 184 valence electrons. The number of hydrogen-bond acceptors (Lipinski definition) is 4. The van der Waals surface area contributed by atoms with Crippen LogP contribution in [0.15, 0.2) is 84.3 Å². The summed E-state index contributed by atoms with van der Waals surface area (Å²) < 4.78 is 26.0. The summed E-state index contributed by atoms with van der Waals surface area (Å²) in [6.07, 6.45) is 5.07. The Labute approximate surface area is 206 Å². The molecular formula is C27H37N3O3S. The number of amides is 2. The first-order chi connectivity index (χ1) is 16.0. The van der Waals surface area contributed by atoms with E-state index < -0.39 is 15.9 Å². The van der Waals surface area contributed by atoms with Crippen molar-refractivity contribution in [2.75, 3.05) is 12.4 Å². The number of benzene rings is 2. The van der Waals surface area contributed by atoms with Crippen molar-refractivity contribution >= 4 is 21.6 Å². The standard InChI is InChI=1S/C27H33N3O3S.2H2/c1-7-9-21(8-2)19(3)28-26(31)29-23-11-13-24(14-12-23)34(32,33)18-20-10-15-25-22(16-20)17-30(6)27(25,4)5;;/h7-16,19H,1-2,17-18H2,3-6H3,(H2,28,29,31);2*1H/b21-9+;;. The van der Waals surface area contributed by atoms with Gasteiger partial charge in [0, 0.05) is 20.6 Å². The molecule has 1 unspecified atom stereocenters. The number of anilines is 1. The Morgan fingerprint density at radius 3 is 2.50 bits per heavy atom. The summed E-state index contributed by atoms with van der Waals surface area (Å²) in [5.41, 5.74) is 4.44. The monoisotopic (exact) mass is 483 g/mol. The Hall–Kier alpha value is -3.16. The topological polar surface area (TPSA) is 78.5 Å². The van der Waals surface area contributed by atoms with Crippen LogP contribution in [0.4, 0.5) is 10.5 Å². The van der Waals surface area contributed by atoms with Crippen LogP contribution in [-0.4, -0.2) is 32.4 Å². The fourth-order valence-electron chi connectivity index (χ4n) is 4.14. The summed E-state index contributed by atoms with van der Waals surface area (Å²) in [6.45, 7) is 14.4. The van der Waals surface area contributed by atoms with E-state index in [9.17, 15) is 13.2 Å². The molecule has 2 aromatic rings. The lowest BCUT2D eigenvalue weighted by Gasteiger charge is -2.28. The average Bonchev–Trinajstić information content (AvgIpc) is 2.99. The van der Waals surface area contributed by atoms with E-state index in [0.29, 0.717) is 5.69 Å². The molecule has 2 N–H and O–H groups in total. The molecule has 0 fully saturated rings. The van der Waals surface area contributed by atoms with Crippen molar-refractivity contribution in [3.8, 4) is 0 Å². The molecule has 0 saturated heterocycles. The molecule has 1 heterocycles. The van der Waals surface area contributed by atoms with E-state index in [1.165, 1.54) is 23.3 Å². The summed E-state index contributed by atoms with van der Waals surface area (Å²) in [7, 11) is -1.46. The number of sulfone groups is 1. The van der Waals surface area contributed by atoms with Crippen LogP contribution < -0.4 is 10.6 Å². The first-order valence-corrected chi connectivity index (χ1v) is 12.8. The van der Waals surface area contributed by atoms with Crippen molar-refractivity contribution < 1.29 is 16.1 Å². The molecule has 7 heteroatoms. The predicted molar refractivity (Wildman–Crippen MR) is 143 cm³/mol. The number of carbonyl (C=O) groups is 1. The highest BCUT2D eigenvalue weighted by Crippen LogP contribution is 2.38. The smallest absolute Gasteiger partial charge is 0.319 e. The lowest BCUT2D eigenvalue weighted by molar-refractivity contribution is 0.178. The van der Waals surface area contributed by atoms with Crippen molar-refractivity contribution in [1.29, 1.82) is 0 Å². The summed E-state index contributed by atoms with van der Waals surface area (Å²) in [5, 5.41) is 5.54. The Morgan fingerprint density at radius 1 is 1.21 bits per heavy atom. The third-order valence-corrected chi connectivity index (χ3v) is 8.12. The van der Waals surface area contributed by atoms with E-state index in [1.54, 1.807) is 30.4 Å². The molecule has 1 atom stereocenters. The highest BCUT2D eigenvalue weighted by Gasteiger charge is 2.34. The van der Waals surface area contributed by atoms with Gasteiger partial charge in [-0.1, -0.05) is 49.6 Å². The van der Waals surface area contributed by atoms with Crippen LogP contribution in [0, 0.1) is 0 Å². The fourth-order valence-corrected chi connectivity index (χ4v) is 5.48. The van der Waals surface area contributed by atoms with E-state index in [0.717, 1.165) is 17.7 Å². The molecule has 0 aromatic heterocycles. The van der Waals surface area contributed by atoms with E-state index in [-0.39, 0.29) is 25.1 Å². The number of hydrogen-bond donors (Lipinski definition) is 2. The van der Waals surface area contributed by atoms with Crippen molar-refractivity contribution in [2.45, 2.75) is 49.5 Å². The number of urea groups is 1. The molecule has 2 amide bonds. The fraction of sp³-hybridized carbons (Fsp3) is 0.296. The van der Waals surface area contributed by atoms with Gasteiger partial charge < -0.3 is 10.6 Å². The largest absolute Gasteiger partial charge is 0.331 e. The molecule has 1 aliphatic heterocycles. The van der Waals surface area contributed by atoms with Crippen LogP contribution in [0.25, 0.3) is 0 Å². The van der Waals surface area contributed by atoms with Gasteiger partial charge in [-0.25, -0.2) is 13.2 Å². The molecule has 1 aliphatic rings. The summed E-state index contributed by atoms with van der Waals surface area (Å²) >= 11 is 0. The van der Waals surface area contributed by atoms with Crippen LogP contribution in [0.3, 0.4) is 0 Å². The highest BCUT2D eigenvalue weighted by atomic mass is 32.2. The Bertz CT molecular complexity index is 1240. The Balaban J connectivity index is 0.00000324. The second-order valence-corrected chi connectivity index (χ2v) is 11.1. The van der Waals surface area contributed by atoms with Gasteiger partial charge in [-0.05, 0) is 74.3 Å². The molecule has 34 heavy (non-hydrogen) atoms. The lowest BCUT2D eigenvalue weighted by Crippen LogP contribution is -2.36. The number of nitrogens with zero attached hydrogens (tertiary/aromatic N) is 1. The van der Waals surface area contributed by atoms with Gasteiger partial charge in [-0.15, -0.1) is 0 Å². The van der Waals surface area contributed by atoms with Gasteiger partial charge >= 0.3 is 6.03 Å². The highest BCUT2D eigenvalue weighted by molar-refractivity contribution is 7.90. The average molecular weight is 484 g/mol. The number of allylic oxidation sites excluding steroid dienone is 2. The van der Waals surface area contributed by atoms with Crippen molar-refractivity contribution in [1.82, 2.24) is 10.2 Å².